The number of hydrogen-bond donors (Lipinski definition) is 0. The maximum atomic E-state index is 5.83. The van der Waals surface area contributed by atoms with Crippen LogP contribution in [0.15, 0.2) is 36.4 Å². The van der Waals surface area contributed by atoms with Crippen molar-refractivity contribution in [2.24, 2.45) is 0 Å². The van der Waals surface area contributed by atoms with E-state index in [0.29, 0.717) is 13.2 Å². The highest BCUT2D eigenvalue weighted by Gasteiger charge is 2.03. The van der Waals surface area contributed by atoms with E-state index in [9.17, 15) is 0 Å². The standard InChI is InChI=1S/C19H24O2/c1-14-8-5-10-18(16(14)3)20-12-7-13-21-19-11-6-9-15(2)17(19)4/h5-6,8-11H,7,12-13H2,1-4H3. The maximum absolute atomic E-state index is 5.83. The van der Waals surface area contributed by atoms with Gasteiger partial charge in [0, 0.05) is 6.42 Å². The lowest BCUT2D eigenvalue weighted by Crippen LogP contribution is -2.06. The van der Waals surface area contributed by atoms with Crippen LogP contribution in [0, 0.1) is 27.7 Å². The van der Waals surface area contributed by atoms with E-state index in [1.54, 1.807) is 0 Å². The minimum absolute atomic E-state index is 0.676. The SMILES string of the molecule is Cc1cccc(OCCCOc2cccc(C)c2C)c1C. The Labute approximate surface area is 127 Å². The van der Waals surface area contributed by atoms with E-state index in [1.807, 2.05) is 24.3 Å². The van der Waals surface area contributed by atoms with Gasteiger partial charge in [-0.1, -0.05) is 24.3 Å². The number of hydrogen-bond acceptors (Lipinski definition) is 2. The molecule has 21 heavy (non-hydrogen) atoms. The van der Waals surface area contributed by atoms with Crippen LogP contribution in [-0.2, 0) is 0 Å². The van der Waals surface area contributed by atoms with Crippen LogP contribution >= 0.6 is 0 Å². The monoisotopic (exact) mass is 284 g/mol. The van der Waals surface area contributed by atoms with Crippen LogP contribution in [0.5, 0.6) is 11.5 Å². The molecule has 2 rings (SSSR count). The molecule has 0 spiro atoms. The Balaban J connectivity index is 1.78. The smallest absolute Gasteiger partial charge is 0.122 e. The molecule has 0 bridgehead atoms. The summed E-state index contributed by atoms with van der Waals surface area (Å²) in [5, 5.41) is 0. The van der Waals surface area contributed by atoms with E-state index < -0.39 is 0 Å². The van der Waals surface area contributed by atoms with Gasteiger partial charge in [0.1, 0.15) is 11.5 Å². The largest absolute Gasteiger partial charge is 0.493 e. The van der Waals surface area contributed by atoms with Gasteiger partial charge in [0.05, 0.1) is 13.2 Å². The van der Waals surface area contributed by atoms with Gasteiger partial charge in [-0.3, -0.25) is 0 Å². The fourth-order valence-corrected chi connectivity index (χ4v) is 2.18. The molecule has 0 aliphatic rings. The van der Waals surface area contributed by atoms with Crippen molar-refractivity contribution >= 4 is 0 Å². The number of ether oxygens (including phenoxy) is 2. The highest BCUT2D eigenvalue weighted by molar-refractivity contribution is 5.39. The molecule has 0 atom stereocenters. The van der Waals surface area contributed by atoms with E-state index in [0.717, 1.165) is 17.9 Å². The zero-order valence-corrected chi connectivity index (χ0v) is 13.4. The fraction of sp³-hybridized carbons (Fsp3) is 0.368. The first-order chi connectivity index (χ1) is 10.1. The van der Waals surface area contributed by atoms with Crippen molar-refractivity contribution in [3.63, 3.8) is 0 Å². The van der Waals surface area contributed by atoms with Crippen LogP contribution < -0.4 is 9.47 Å². The molecule has 0 N–H and O–H groups in total. The summed E-state index contributed by atoms with van der Waals surface area (Å²) in [7, 11) is 0. The number of rotatable bonds is 6. The number of benzene rings is 2. The van der Waals surface area contributed by atoms with Crippen molar-refractivity contribution in [2.45, 2.75) is 34.1 Å². The molecule has 0 saturated heterocycles. The molecule has 0 fully saturated rings. The lowest BCUT2D eigenvalue weighted by molar-refractivity contribution is 0.245. The highest BCUT2D eigenvalue weighted by atomic mass is 16.5. The van der Waals surface area contributed by atoms with Gasteiger partial charge in [0.25, 0.3) is 0 Å². The molecular formula is C19H24O2. The van der Waals surface area contributed by atoms with Gasteiger partial charge in [0.15, 0.2) is 0 Å². The van der Waals surface area contributed by atoms with Gasteiger partial charge in [0.2, 0.25) is 0 Å². The molecule has 2 aromatic carbocycles. The Kier molecular flexibility index (Phi) is 5.26. The van der Waals surface area contributed by atoms with E-state index in [1.165, 1.54) is 22.3 Å². The molecule has 112 valence electrons. The Morgan fingerprint density at radius 3 is 1.52 bits per heavy atom. The van der Waals surface area contributed by atoms with Crippen LogP contribution in [0.2, 0.25) is 0 Å². The zero-order valence-electron chi connectivity index (χ0n) is 13.4. The van der Waals surface area contributed by atoms with Gasteiger partial charge >= 0.3 is 0 Å². The molecular weight excluding hydrogens is 260 g/mol. The summed E-state index contributed by atoms with van der Waals surface area (Å²) in [5.74, 6) is 1.95. The van der Waals surface area contributed by atoms with Crippen LogP contribution in [0.3, 0.4) is 0 Å². The molecule has 0 aliphatic carbocycles. The second-order valence-corrected chi connectivity index (χ2v) is 5.45. The van der Waals surface area contributed by atoms with E-state index >= 15 is 0 Å². The van der Waals surface area contributed by atoms with Crippen LogP contribution in [0.25, 0.3) is 0 Å². The molecule has 0 radical (unpaired) electrons. The van der Waals surface area contributed by atoms with Crippen LogP contribution in [0.1, 0.15) is 28.7 Å². The first-order valence-electron chi connectivity index (χ1n) is 7.47. The lowest BCUT2D eigenvalue weighted by Gasteiger charge is -2.12. The summed E-state index contributed by atoms with van der Waals surface area (Å²) in [4.78, 5) is 0. The third kappa shape index (κ3) is 4.01. The first-order valence-corrected chi connectivity index (χ1v) is 7.47. The molecule has 0 aliphatic heterocycles. The summed E-state index contributed by atoms with van der Waals surface area (Å²) in [6, 6.07) is 12.3. The van der Waals surface area contributed by atoms with Gasteiger partial charge < -0.3 is 9.47 Å². The maximum Gasteiger partial charge on any atom is 0.122 e. The Hall–Kier alpha value is -1.96. The molecule has 0 amide bonds. The number of aryl methyl sites for hydroxylation is 2. The predicted octanol–water partition coefficient (Wildman–Crippen LogP) is 4.77. The summed E-state index contributed by atoms with van der Waals surface area (Å²) in [5.41, 5.74) is 4.96. The van der Waals surface area contributed by atoms with Gasteiger partial charge in [-0.05, 0) is 62.1 Å². The minimum atomic E-state index is 0.676. The molecule has 0 unspecified atom stereocenters. The Bertz CT molecular complexity index is 549. The van der Waals surface area contributed by atoms with Crippen molar-refractivity contribution in [3.8, 4) is 11.5 Å². The van der Waals surface area contributed by atoms with Gasteiger partial charge in [-0.2, -0.15) is 0 Å². The summed E-state index contributed by atoms with van der Waals surface area (Å²) in [6.07, 6.45) is 0.876. The van der Waals surface area contributed by atoms with Gasteiger partial charge in [-0.15, -0.1) is 0 Å². The van der Waals surface area contributed by atoms with Crippen molar-refractivity contribution in [1.29, 1.82) is 0 Å². The first kappa shape index (κ1) is 15.4. The Morgan fingerprint density at radius 2 is 1.10 bits per heavy atom. The normalized spacial score (nSPS) is 10.5. The van der Waals surface area contributed by atoms with Crippen LogP contribution in [0.4, 0.5) is 0 Å². The lowest BCUT2D eigenvalue weighted by atomic mass is 10.1. The van der Waals surface area contributed by atoms with E-state index in [-0.39, 0.29) is 0 Å². The third-order valence-corrected chi connectivity index (χ3v) is 3.91. The van der Waals surface area contributed by atoms with E-state index in [4.69, 9.17) is 9.47 Å². The highest BCUT2D eigenvalue weighted by Crippen LogP contribution is 2.22. The summed E-state index contributed by atoms with van der Waals surface area (Å²) >= 11 is 0. The van der Waals surface area contributed by atoms with Crippen LogP contribution in [-0.4, -0.2) is 13.2 Å². The minimum Gasteiger partial charge on any atom is -0.493 e. The summed E-state index contributed by atoms with van der Waals surface area (Å²) < 4.78 is 11.7. The second kappa shape index (κ2) is 7.16. The average molecular weight is 284 g/mol. The zero-order chi connectivity index (χ0) is 15.2. The third-order valence-electron chi connectivity index (χ3n) is 3.91. The average Bonchev–Trinajstić information content (AvgIpc) is 2.47. The molecule has 0 heterocycles. The van der Waals surface area contributed by atoms with Crippen molar-refractivity contribution in [2.75, 3.05) is 13.2 Å². The molecule has 0 saturated carbocycles. The topological polar surface area (TPSA) is 18.5 Å². The predicted molar refractivity (Wildman–Crippen MR) is 87.4 cm³/mol. The molecule has 0 aromatic heterocycles. The molecule has 2 aromatic rings. The Morgan fingerprint density at radius 1 is 0.667 bits per heavy atom. The molecule has 2 nitrogen and oxygen atoms in total. The van der Waals surface area contributed by atoms with Crippen molar-refractivity contribution in [1.82, 2.24) is 0 Å². The summed E-state index contributed by atoms with van der Waals surface area (Å²) in [6.45, 7) is 9.75. The molecule has 2 heteroatoms. The van der Waals surface area contributed by atoms with E-state index in [2.05, 4.69) is 39.8 Å². The second-order valence-electron chi connectivity index (χ2n) is 5.45. The van der Waals surface area contributed by atoms with Crippen molar-refractivity contribution in [3.05, 3.63) is 58.7 Å². The van der Waals surface area contributed by atoms with Crippen molar-refractivity contribution < 1.29 is 9.47 Å². The van der Waals surface area contributed by atoms with Gasteiger partial charge in [-0.25, -0.2) is 0 Å². The fourth-order valence-electron chi connectivity index (χ4n) is 2.18. The quantitative estimate of drug-likeness (QED) is 0.711.